The number of imidazole rings is 1. The summed E-state index contributed by atoms with van der Waals surface area (Å²) < 4.78 is 40.3. The molecule has 3 heterocycles. The number of carbonyl (C=O) groups is 1. The van der Waals surface area contributed by atoms with Gasteiger partial charge in [-0.05, 0) is 34.8 Å². The van der Waals surface area contributed by atoms with Crippen molar-refractivity contribution in [2.24, 2.45) is 7.05 Å². The van der Waals surface area contributed by atoms with Gasteiger partial charge in [-0.1, -0.05) is 0 Å². The number of anilines is 1. The van der Waals surface area contributed by atoms with Crippen LogP contribution in [0.4, 0.5) is 19.0 Å². The van der Waals surface area contributed by atoms with Crippen LogP contribution in [0.3, 0.4) is 0 Å². The molecule has 1 atom stereocenters. The third-order valence-electron chi connectivity index (χ3n) is 4.14. The van der Waals surface area contributed by atoms with Crippen molar-refractivity contribution in [2.45, 2.75) is 25.1 Å². The summed E-state index contributed by atoms with van der Waals surface area (Å²) in [4.78, 5) is 22.1. The molecule has 0 aliphatic carbocycles. The molecule has 0 radical (unpaired) electrons. The molecule has 1 saturated heterocycles. The molecule has 1 amide bonds. The molecule has 140 valence electrons. The van der Waals surface area contributed by atoms with Crippen LogP contribution >= 0.6 is 15.9 Å². The Hall–Kier alpha value is -2.10. The molecule has 0 spiro atoms. The van der Waals surface area contributed by atoms with Gasteiger partial charge in [0.25, 0.3) is 5.91 Å². The Balaban J connectivity index is 1.69. The Labute approximate surface area is 156 Å². The highest BCUT2D eigenvalue weighted by Gasteiger charge is 2.32. The second-order valence-electron chi connectivity index (χ2n) is 6.21. The van der Waals surface area contributed by atoms with Crippen molar-refractivity contribution < 1.29 is 18.0 Å². The summed E-state index contributed by atoms with van der Waals surface area (Å²) in [6.07, 6.45) is 1.15. The number of aromatic nitrogens is 3. The van der Waals surface area contributed by atoms with Gasteiger partial charge in [0.2, 0.25) is 0 Å². The van der Waals surface area contributed by atoms with E-state index < -0.39 is 11.7 Å². The summed E-state index contributed by atoms with van der Waals surface area (Å²) in [6, 6.07) is 0.896. The molecule has 0 saturated carbocycles. The Morgan fingerprint density at radius 3 is 2.77 bits per heavy atom. The molecular weight excluding hydrogens is 415 g/mol. The number of halogens is 4. The minimum atomic E-state index is -4.44. The summed E-state index contributed by atoms with van der Waals surface area (Å²) in [6.45, 7) is 1.13. The van der Waals surface area contributed by atoms with Gasteiger partial charge in [-0.3, -0.25) is 4.79 Å². The van der Waals surface area contributed by atoms with Crippen molar-refractivity contribution >= 4 is 27.7 Å². The minimum absolute atomic E-state index is 0.130. The standard InChI is InChI=1S/C16H17BrF3N5O/c1-24-8-13(22-9-24)15(26)23-11-3-2-4-25(7-11)14-12(17)5-10(6-21-14)16(18,19)20/h5-6,8-9,11H,2-4,7H2,1H3,(H,23,26). The van der Waals surface area contributed by atoms with Crippen molar-refractivity contribution in [1.82, 2.24) is 19.9 Å². The molecule has 1 aliphatic rings. The van der Waals surface area contributed by atoms with E-state index in [9.17, 15) is 18.0 Å². The number of rotatable bonds is 3. The van der Waals surface area contributed by atoms with E-state index in [1.54, 1.807) is 24.1 Å². The number of hydrogen-bond donors (Lipinski definition) is 1. The topological polar surface area (TPSA) is 63.1 Å². The lowest BCUT2D eigenvalue weighted by atomic mass is 10.1. The van der Waals surface area contributed by atoms with E-state index >= 15 is 0 Å². The first-order chi connectivity index (χ1) is 12.2. The molecule has 0 bridgehead atoms. The molecule has 26 heavy (non-hydrogen) atoms. The maximum absolute atomic E-state index is 12.8. The van der Waals surface area contributed by atoms with Gasteiger partial charge in [0.1, 0.15) is 11.5 Å². The quantitative estimate of drug-likeness (QED) is 0.811. The SMILES string of the molecule is Cn1cnc(C(=O)NC2CCCN(c3ncc(C(F)(F)F)cc3Br)C2)c1. The normalized spacial score (nSPS) is 18.0. The largest absolute Gasteiger partial charge is 0.417 e. The number of hydrogen-bond acceptors (Lipinski definition) is 4. The van der Waals surface area contributed by atoms with Gasteiger partial charge >= 0.3 is 6.18 Å². The maximum Gasteiger partial charge on any atom is 0.417 e. The highest BCUT2D eigenvalue weighted by Crippen LogP contribution is 2.34. The van der Waals surface area contributed by atoms with Crippen molar-refractivity contribution in [3.8, 4) is 0 Å². The molecule has 2 aromatic heterocycles. The number of alkyl halides is 3. The molecule has 1 aliphatic heterocycles. The summed E-state index contributed by atoms with van der Waals surface area (Å²) in [5.41, 5.74) is -0.469. The van der Waals surface area contributed by atoms with Crippen LogP contribution in [0.1, 0.15) is 28.9 Å². The highest BCUT2D eigenvalue weighted by atomic mass is 79.9. The van der Waals surface area contributed by atoms with Gasteiger partial charge in [0.15, 0.2) is 0 Å². The number of nitrogens with one attached hydrogen (secondary N) is 1. The second kappa shape index (κ2) is 7.26. The van der Waals surface area contributed by atoms with Crippen molar-refractivity contribution in [1.29, 1.82) is 0 Å². The zero-order chi connectivity index (χ0) is 18.9. The fourth-order valence-electron chi connectivity index (χ4n) is 2.90. The van der Waals surface area contributed by atoms with Crippen LogP contribution in [-0.2, 0) is 13.2 Å². The average Bonchev–Trinajstić information content (AvgIpc) is 3.01. The Bertz CT molecular complexity index is 807. The van der Waals surface area contributed by atoms with Crippen molar-refractivity contribution in [3.63, 3.8) is 0 Å². The van der Waals surface area contributed by atoms with Crippen molar-refractivity contribution in [2.75, 3.05) is 18.0 Å². The molecule has 1 unspecified atom stereocenters. The van der Waals surface area contributed by atoms with E-state index in [1.807, 2.05) is 4.90 Å². The highest BCUT2D eigenvalue weighted by molar-refractivity contribution is 9.10. The lowest BCUT2D eigenvalue weighted by molar-refractivity contribution is -0.137. The smallest absolute Gasteiger partial charge is 0.354 e. The van der Waals surface area contributed by atoms with Gasteiger partial charge in [-0.15, -0.1) is 0 Å². The van der Waals surface area contributed by atoms with Crippen molar-refractivity contribution in [3.05, 3.63) is 40.5 Å². The molecule has 0 aromatic carbocycles. The number of aryl methyl sites for hydroxylation is 1. The first kappa shape index (κ1) is 18.7. The number of carbonyl (C=O) groups excluding carboxylic acids is 1. The van der Waals surface area contributed by atoms with Gasteiger partial charge in [0.05, 0.1) is 16.4 Å². The summed E-state index contributed by atoms with van der Waals surface area (Å²) in [5, 5.41) is 2.92. The minimum Gasteiger partial charge on any atom is -0.354 e. The predicted molar refractivity (Wildman–Crippen MR) is 92.8 cm³/mol. The first-order valence-corrected chi connectivity index (χ1v) is 8.80. The molecule has 1 fully saturated rings. The van der Waals surface area contributed by atoms with Crippen LogP contribution in [0.25, 0.3) is 0 Å². The zero-order valence-corrected chi connectivity index (χ0v) is 15.5. The van der Waals surface area contributed by atoms with E-state index in [0.29, 0.717) is 24.6 Å². The predicted octanol–water partition coefficient (Wildman–Crippen LogP) is 3.00. The Morgan fingerprint density at radius 1 is 1.38 bits per heavy atom. The van der Waals surface area contributed by atoms with Gasteiger partial charge < -0.3 is 14.8 Å². The first-order valence-electron chi connectivity index (χ1n) is 8.00. The van der Waals surface area contributed by atoms with E-state index in [-0.39, 0.29) is 16.4 Å². The maximum atomic E-state index is 12.8. The van der Waals surface area contributed by atoms with E-state index in [2.05, 4.69) is 31.2 Å². The lowest BCUT2D eigenvalue weighted by Crippen LogP contribution is -2.48. The van der Waals surface area contributed by atoms with Gasteiger partial charge in [0, 0.05) is 38.6 Å². The number of amides is 1. The molecular formula is C16H17BrF3N5O. The Kier molecular flexibility index (Phi) is 5.22. The third-order valence-corrected chi connectivity index (χ3v) is 4.73. The van der Waals surface area contributed by atoms with Crippen LogP contribution in [0.2, 0.25) is 0 Å². The van der Waals surface area contributed by atoms with Crippen LogP contribution in [0, 0.1) is 0 Å². The summed E-state index contributed by atoms with van der Waals surface area (Å²) in [5.74, 6) is 0.173. The average molecular weight is 432 g/mol. The fourth-order valence-corrected chi connectivity index (χ4v) is 3.49. The van der Waals surface area contributed by atoms with Crippen LogP contribution in [-0.4, -0.2) is 39.6 Å². The summed E-state index contributed by atoms with van der Waals surface area (Å²) >= 11 is 3.18. The fraction of sp³-hybridized carbons (Fsp3) is 0.438. The third kappa shape index (κ3) is 4.17. The van der Waals surface area contributed by atoms with E-state index in [1.165, 1.54) is 0 Å². The molecule has 6 nitrogen and oxygen atoms in total. The number of piperidine rings is 1. The van der Waals surface area contributed by atoms with Crippen LogP contribution < -0.4 is 10.2 Å². The molecule has 1 N–H and O–H groups in total. The second-order valence-corrected chi connectivity index (χ2v) is 7.06. The number of pyridine rings is 1. The molecule has 3 rings (SSSR count). The van der Waals surface area contributed by atoms with E-state index in [0.717, 1.165) is 25.1 Å². The lowest BCUT2D eigenvalue weighted by Gasteiger charge is -2.34. The zero-order valence-electron chi connectivity index (χ0n) is 13.9. The van der Waals surface area contributed by atoms with Gasteiger partial charge in [-0.2, -0.15) is 13.2 Å². The van der Waals surface area contributed by atoms with Crippen LogP contribution in [0.5, 0.6) is 0 Å². The summed E-state index contributed by atoms with van der Waals surface area (Å²) in [7, 11) is 1.78. The molecule has 2 aromatic rings. The monoisotopic (exact) mass is 431 g/mol. The van der Waals surface area contributed by atoms with E-state index in [4.69, 9.17) is 0 Å². The molecule has 10 heteroatoms. The van der Waals surface area contributed by atoms with Crippen LogP contribution in [0.15, 0.2) is 29.3 Å². The Morgan fingerprint density at radius 2 is 2.15 bits per heavy atom. The number of nitrogens with zero attached hydrogens (tertiary/aromatic N) is 4. The van der Waals surface area contributed by atoms with Gasteiger partial charge in [-0.25, -0.2) is 9.97 Å².